The van der Waals surface area contributed by atoms with Crippen LogP contribution in [0.15, 0.2) is 51.4 Å². The van der Waals surface area contributed by atoms with Crippen LogP contribution >= 0.6 is 15.9 Å². The molecule has 21 heavy (non-hydrogen) atoms. The Morgan fingerprint density at radius 3 is 2.71 bits per heavy atom. The molecule has 106 valence electrons. The standard InChI is InChI=1S/C17H12BrFO2/c1-2-14-16(12-5-3-4-6-15(12)21-14)17(20)11-8-7-10(19)9-13(11)18/h3-9H,2H2,1H3. The molecular weight excluding hydrogens is 335 g/mol. The van der Waals surface area contributed by atoms with Crippen LogP contribution in [-0.2, 0) is 6.42 Å². The van der Waals surface area contributed by atoms with Gasteiger partial charge >= 0.3 is 0 Å². The van der Waals surface area contributed by atoms with E-state index in [0.29, 0.717) is 33.4 Å². The molecule has 0 unspecified atom stereocenters. The number of rotatable bonds is 3. The molecule has 0 atom stereocenters. The normalized spacial score (nSPS) is 11.0. The van der Waals surface area contributed by atoms with Crippen molar-refractivity contribution in [1.29, 1.82) is 0 Å². The van der Waals surface area contributed by atoms with E-state index in [1.807, 2.05) is 31.2 Å². The number of fused-ring (bicyclic) bond motifs is 1. The highest BCUT2D eigenvalue weighted by molar-refractivity contribution is 9.10. The fourth-order valence-electron chi connectivity index (χ4n) is 2.40. The Morgan fingerprint density at radius 2 is 2.00 bits per heavy atom. The predicted molar refractivity (Wildman–Crippen MR) is 83.1 cm³/mol. The fraction of sp³-hybridized carbons (Fsp3) is 0.118. The molecule has 0 spiro atoms. The van der Waals surface area contributed by atoms with Crippen LogP contribution in [0.1, 0.15) is 28.6 Å². The van der Waals surface area contributed by atoms with Gasteiger partial charge in [-0.3, -0.25) is 4.79 Å². The van der Waals surface area contributed by atoms with Crippen LogP contribution in [0.5, 0.6) is 0 Å². The molecule has 0 amide bonds. The number of furan rings is 1. The number of hydrogen-bond donors (Lipinski definition) is 0. The summed E-state index contributed by atoms with van der Waals surface area (Å²) in [4.78, 5) is 12.8. The lowest BCUT2D eigenvalue weighted by atomic mass is 9.99. The topological polar surface area (TPSA) is 30.2 Å². The van der Waals surface area contributed by atoms with Crippen molar-refractivity contribution in [3.63, 3.8) is 0 Å². The zero-order chi connectivity index (χ0) is 15.0. The molecule has 0 aliphatic heterocycles. The van der Waals surface area contributed by atoms with Crippen LogP contribution in [0.3, 0.4) is 0 Å². The average Bonchev–Trinajstić information content (AvgIpc) is 2.85. The minimum absolute atomic E-state index is 0.163. The Morgan fingerprint density at radius 1 is 1.24 bits per heavy atom. The first-order valence-electron chi connectivity index (χ1n) is 6.62. The number of ketones is 1. The second-order valence-corrected chi connectivity index (χ2v) is 5.56. The van der Waals surface area contributed by atoms with E-state index in [1.165, 1.54) is 18.2 Å². The van der Waals surface area contributed by atoms with E-state index < -0.39 is 0 Å². The monoisotopic (exact) mass is 346 g/mol. The minimum atomic E-state index is -0.383. The maximum atomic E-state index is 13.2. The molecular formula is C17H12BrFO2. The van der Waals surface area contributed by atoms with Crippen LogP contribution in [-0.4, -0.2) is 5.78 Å². The number of aryl methyl sites for hydroxylation is 1. The van der Waals surface area contributed by atoms with Crippen molar-refractivity contribution in [3.8, 4) is 0 Å². The first-order chi connectivity index (χ1) is 10.1. The maximum absolute atomic E-state index is 13.2. The van der Waals surface area contributed by atoms with Crippen LogP contribution < -0.4 is 0 Å². The van der Waals surface area contributed by atoms with Crippen LogP contribution in [0.25, 0.3) is 11.0 Å². The number of halogens is 2. The summed E-state index contributed by atoms with van der Waals surface area (Å²) in [5.41, 5.74) is 1.67. The van der Waals surface area contributed by atoms with E-state index in [1.54, 1.807) is 0 Å². The molecule has 3 aromatic rings. The highest BCUT2D eigenvalue weighted by atomic mass is 79.9. The van der Waals surface area contributed by atoms with Gasteiger partial charge in [-0.1, -0.05) is 25.1 Å². The third kappa shape index (κ3) is 2.40. The molecule has 1 aromatic heterocycles. The molecule has 0 saturated carbocycles. The number of benzene rings is 2. The largest absolute Gasteiger partial charge is 0.460 e. The number of para-hydroxylation sites is 1. The molecule has 2 nitrogen and oxygen atoms in total. The molecule has 2 aromatic carbocycles. The first-order valence-corrected chi connectivity index (χ1v) is 7.41. The van der Waals surface area contributed by atoms with Crippen molar-refractivity contribution >= 4 is 32.7 Å². The van der Waals surface area contributed by atoms with Gasteiger partial charge in [0.05, 0.1) is 5.56 Å². The smallest absolute Gasteiger partial charge is 0.198 e. The molecule has 0 bridgehead atoms. The molecule has 0 aliphatic rings. The Bertz CT molecular complexity index is 836. The van der Waals surface area contributed by atoms with Gasteiger partial charge < -0.3 is 4.42 Å². The predicted octanol–water partition coefficient (Wildman–Crippen LogP) is 5.13. The summed E-state index contributed by atoms with van der Waals surface area (Å²) >= 11 is 3.25. The molecule has 4 heteroatoms. The summed E-state index contributed by atoms with van der Waals surface area (Å²) in [6.45, 7) is 1.94. The van der Waals surface area contributed by atoms with Crippen molar-refractivity contribution in [3.05, 3.63) is 69.6 Å². The lowest BCUT2D eigenvalue weighted by molar-refractivity contribution is 0.103. The van der Waals surface area contributed by atoms with E-state index >= 15 is 0 Å². The minimum Gasteiger partial charge on any atom is -0.460 e. The van der Waals surface area contributed by atoms with E-state index in [9.17, 15) is 9.18 Å². The molecule has 0 fully saturated rings. The van der Waals surface area contributed by atoms with Crippen molar-refractivity contribution in [2.45, 2.75) is 13.3 Å². The van der Waals surface area contributed by atoms with Crippen LogP contribution in [0.4, 0.5) is 4.39 Å². The second kappa shape index (κ2) is 5.45. The number of carbonyl (C=O) groups excluding carboxylic acids is 1. The molecule has 0 aliphatic carbocycles. The van der Waals surface area contributed by atoms with Gasteiger partial charge in [0.25, 0.3) is 0 Å². The van der Waals surface area contributed by atoms with Gasteiger partial charge in [0.1, 0.15) is 17.2 Å². The quantitative estimate of drug-likeness (QED) is 0.615. The summed E-state index contributed by atoms with van der Waals surface area (Å²) in [6.07, 6.45) is 0.620. The lowest BCUT2D eigenvalue weighted by Crippen LogP contribution is -2.04. The van der Waals surface area contributed by atoms with Gasteiger partial charge in [0, 0.05) is 21.8 Å². The Labute approximate surface area is 129 Å². The van der Waals surface area contributed by atoms with E-state index in [4.69, 9.17) is 4.42 Å². The molecule has 1 heterocycles. The summed E-state index contributed by atoms with van der Waals surface area (Å²) in [7, 11) is 0. The summed E-state index contributed by atoms with van der Waals surface area (Å²) < 4.78 is 19.4. The van der Waals surface area contributed by atoms with Gasteiger partial charge in [-0.15, -0.1) is 0 Å². The molecule has 0 saturated heterocycles. The second-order valence-electron chi connectivity index (χ2n) is 4.70. The van der Waals surface area contributed by atoms with Crippen molar-refractivity contribution in [2.75, 3.05) is 0 Å². The van der Waals surface area contributed by atoms with Gasteiger partial charge in [0.15, 0.2) is 5.78 Å². The van der Waals surface area contributed by atoms with Gasteiger partial charge in [-0.25, -0.2) is 4.39 Å². The third-order valence-corrected chi connectivity index (χ3v) is 4.05. The summed E-state index contributed by atoms with van der Waals surface area (Å²) in [5.74, 6) is 0.104. The van der Waals surface area contributed by atoms with E-state index in [0.717, 1.165) is 5.39 Å². The summed E-state index contributed by atoms with van der Waals surface area (Å²) in [6, 6.07) is 11.5. The Kier molecular flexibility index (Phi) is 3.64. The highest BCUT2D eigenvalue weighted by Crippen LogP contribution is 2.30. The lowest BCUT2D eigenvalue weighted by Gasteiger charge is -2.04. The highest BCUT2D eigenvalue weighted by Gasteiger charge is 2.22. The van der Waals surface area contributed by atoms with E-state index in [-0.39, 0.29) is 11.6 Å². The molecule has 0 radical (unpaired) electrons. The van der Waals surface area contributed by atoms with Crippen molar-refractivity contribution < 1.29 is 13.6 Å². The van der Waals surface area contributed by atoms with E-state index in [2.05, 4.69) is 15.9 Å². The molecule has 3 rings (SSSR count). The molecule has 0 N–H and O–H groups in total. The maximum Gasteiger partial charge on any atom is 0.198 e. The van der Waals surface area contributed by atoms with Crippen molar-refractivity contribution in [2.24, 2.45) is 0 Å². The zero-order valence-corrected chi connectivity index (χ0v) is 12.9. The number of carbonyl (C=O) groups is 1. The zero-order valence-electron chi connectivity index (χ0n) is 11.3. The third-order valence-electron chi connectivity index (χ3n) is 3.39. The van der Waals surface area contributed by atoms with Crippen LogP contribution in [0.2, 0.25) is 0 Å². The Balaban J connectivity index is 2.21. The summed E-state index contributed by atoms with van der Waals surface area (Å²) in [5, 5.41) is 0.788. The van der Waals surface area contributed by atoms with Gasteiger partial charge in [-0.05, 0) is 40.2 Å². The SMILES string of the molecule is CCc1oc2ccccc2c1C(=O)c1ccc(F)cc1Br. The van der Waals surface area contributed by atoms with Crippen molar-refractivity contribution in [1.82, 2.24) is 0 Å². The van der Waals surface area contributed by atoms with Gasteiger partial charge in [0.2, 0.25) is 0 Å². The van der Waals surface area contributed by atoms with Crippen LogP contribution in [0, 0.1) is 5.82 Å². The number of hydrogen-bond acceptors (Lipinski definition) is 2. The fourth-order valence-corrected chi connectivity index (χ4v) is 2.93. The van der Waals surface area contributed by atoms with Gasteiger partial charge in [-0.2, -0.15) is 0 Å². The average molecular weight is 347 g/mol. The first kappa shape index (κ1) is 14.0. The Hall–Kier alpha value is -1.94.